The molecule has 1 fully saturated rings. The van der Waals surface area contributed by atoms with Crippen molar-refractivity contribution >= 4 is 11.6 Å². The van der Waals surface area contributed by atoms with Crippen molar-refractivity contribution in [3.05, 3.63) is 11.9 Å². The van der Waals surface area contributed by atoms with Crippen molar-refractivity contribution < 1.29 is 4.74 Å². The van der Waals surface area contributed by atoms with E-state index in [2.05, 4.69) is 39.5 Å². The molecule has 0 unspecified atom stereocenters. The van der Waals surface area contributed by atoms with Gasteiger partial charge in [0.15, 0.2) is 5.82 Å². The lowest BCUT2D eigenvalue weighted by Crippen LogP contribution is -2.37. The van der Waals surface area contributed by atoms with E-state index in [1.807, 2.05) is 6.07 Å². The fourth-order valence-electron chi connectivity index (χ4n) is 2.40. The second-order valence-electron chi connectivity index (χ2n) is 5.24. The number of hydrogen-bond acceptors (Lipinski definition) is 6. The largest absolute Gasteiger partial charge is 0.377 e. The van der Waals surface area contributed by atoms with Crippen molar-refractivity contribution in [3.63, 3.8) is 0 Å². The minimum absolute atomic E-state index is 0.432. The molecule has 1 aromatic rings. The normalized spacial score (nSPS) is 17.1. The van der Waals surface area contributed by atoms with Gasteiger partial charge in [-0.2, -0.15) is 0 Å². The minimum atomic E-state index is 0.432. The predicted octanol–water partition coefficient (Wildman–Crippen LogP) is 1.56. The van der Waals surface area contributed by atoms with E-state index in [-0.39, 0.29) is 0 Å². The zero-order valence-electron chi connectivity index (χ0n) is 12.6. The second kappa shape index (κ2) is 7.40. The van der Waals surface area contributed by atoms with Crippen LogP contribution in [-0.2, 0) is 11.3 Å². The monoisotopic (exact) mass is 279 g/mol. The van der Waals surface area contributed by atoms with E-state index < -0.39 is 0 Å². The number of nitrogens with zero attached hydrogens (tertiary/aromatic N) is 3. The first-order valence-corrected chi connectivity index (χ1v) is 7.27. The van der Waals surface area contributed by atoms with Crippen LogP contribution >= 0.6 is 0 Å². The van der Waals surface area contributed by atoms with Crippen molar-refractivity contribution in [3.8, 4) is 0 Å². The van der Waals surface area contributed by atoms with Gasteiger partial charge in [0.2, 0.25) is 0 Å². The van der Waals surface area contributed by atoms with Gasteiger partial charge in [-0.05, 0) is 39.9 Å². The van der Waals surface area contributed by atoms with Crippen LogP contribution in [0.4, 0.5) is 11.6 Å². The Bertz CT molecular complexity index is 394. The van der Waals surface area contributed by atoms with Crippen molar-refractivity contribution in [1.29, 1.82) is 0 Å². The number of hydrogen-bond donors (Lipinski definition) is 2. The average Bonchev–Trinajstić information content (AvgIpc) is 2.42. The Kier molecular flexibility index (Phi) is 5.55. The van der Waals surface area contributed by atoms with Crippen molar-refractivity contribution in [1.82, 2.24) is 14.9 Å². The van der Waals surface area contributed by atoms with Crippen LogP contribution in [0.3, 0.4) is 0 Å². The zero-order valence-corrected chi connectivity index (χ0v) is 12.6. The quantitative estimate of drug-likeness (QED) is 0.824. The molecule has 1 saturated heterocycles. The average molecular weight is 279 g/mol. The molecule has 0 radical (unpaired) electrons. The molecule has 0 aromatic carbocycles. The number of ether oxygens (including phenoxy) is 1. The second-order valence-corrected chi connectivity index (χ2v) is 5.24. The summed E-state index contributed by atoms with van der Waals surface area (Å²) in [5.41, 5.74) is 0. The highest BCUT2D eigenvalue weighted by molar-refractivity contribution is 5.48. The molecule has 6 heteroatoms. The van der Waals surface area contributed by atoms with Gasteiger partial charge in [0, 0.05) is 25.8 Å². The molecule has 0 saturated carbocycles. The third-order valence-corrected chi connectivity index (χ3v) is 3.47. The first kappa shape index (κ1) is 15.0. The summed E-state index contributed by atoms with van der Waals surface area (Å²) in [5.74, 6) is 2.45. The molecule has 2 heterocycles. The highest BCUT2D eigenvalue weighted by atomic mass is 16.5. The summed E-state index contributed by atoms with van der Waals surface area (Å²) in [6, 6.07) is 2.46. The van der Waals surface area contributed by atoms with Gasteiger partial charge in [0.1, 0.15) is 18.2 Å². The smallest absolute Gasteiger partial charge is 0.158 e. The van der Waals surface area contributed by atoms with Crippen LogP contribution in [0.15, 0.2) is 6.07 Å². The van der Waals surface area contributed by atoms with Crippen LogP contribution in [0.1, 0.15) is 25.6 Å². The van der Waals surface area contributed by atoms with E-state index in [1.165, 1.54) is 0 Å². The maximum absolute atomic E-state index is 5.13. The molecule has 0 amide bonds. The third kappa shape index (κ3) is 4.31. The molecule has 112 valence electrons. The zero-order chi connectivity index (χ0) is 14.4. The van der Waals surface area contributed by atoms with Gasteiger partial charge in [-0.15, -0.1) is 0 Å². The Morgan fingerprint density at radius 2 is 2.00 bits per heavy atom. The van der Waals surface area contributed by atoms with Crippen LogP contribution in [0.5, 0.6) is 0 Å². The van der Waals surface area contributed by atoms with Crippen LogP contribution in [0, 0.1) is 0 Å². The number of likely N-dealkylation sites (tertiary alicyclic amines) is 1. The van der Waals surface area contributed by atoms with Gasteiger partial charge in [-0.1, -0.05) is 0 Å². The molecule has 0 aliphatic carbocycles. The molecule has 0 spiro atoms. The molecule has 1 aliphatic rings. The SMILES string of the molecule is CCNc1cc(NC2CCN(C)CC2)nc(COC)n1. The molecule has 2 rings (SSSR count). The van der Waals surface area contributed by atoms with Crippen LogP contribution in [-0.4, -0.2) is 54.7 Å². The summed E-state index contributed by atoms with van der Waals surface area (Å²) in [4.78, 5) is 11.3. The summed E-state index contributed by atoms with van der Waals surface area (Å²) in [6.07, 6.45) is 2.30. The molecular weight excluding hydrogens is 254 g/mol. The highest BCUT2D eigenvalue weighted by Gasteiger charge is 2.17. The highest BCUT2D eigenvalue weighted by Crippen LogP contribution is 2.17. The van der Waals surface area contributed by atoms with E-state index in [4.69, 9.17) is 4.74 Å². The van der Waals surface area contributed by atoms with Crippen molar-refractivity contribution in [2.45, 2.75) is 32.4 Å². The molecule has 0 atom stereocenters. The number of piperidine rings is 1. The number of rotatable bonds is 6. The van der Waals surface area contributed by atoms with Gasteiger partial charge < -0.3 is 20.3 Å². The lowest BCUT2D eigenvalue weighted by Gasteiger charge is -2.29. The Balaban J connectivity index is 2.05. The predicted molar refractivity (Wildman–Crippen MR) is 81.1 cm³/mol. The fourth-order valence-corrected chi connectivity index (χ4v) is 2.40. The first-order valence-electron chi connectivity index (χ1n) is 7.27. The summed E-state index contributed by atoms with van der Waals surface area (Å²) >= 11 is 0. The van der Waals surface area contributed by atoms with Crippen LogP contribution in [0.25, 0.3) is 0 Å². The maximum Gasteiger partial charge on any atom is 0.158 e. The first-order chi connectivity index (χ1) is 9.71. The van der Waals surface area contributed by atoms with Crippen LogP contribution in [0.2, 0.25) is 0 Å². The van der Waals surface area contributed by atoms with Crippen molar-refractivity contribution in [2.75, 3.05) is 44.4 Å². The summed E-state index contributed by atoms with van der Waals surface area (Å²) in [7, 11) is 3.83. The summed E-state index contributed by atoms with van der Waals surface area (Å²) in [5, 5.41) is 6.76. The number of methoxy groups -OCH3 is 1. The summed E-state index contributed by atoms with van der Waals surface area (Å²) in [6.45, 7) is 5.60. The minimum Gasteiger partial charge on any atom is -0.377 e. The maximum atomic E-state index is 5.13. The molecule has 2 N–H and O–H groups in total. The van der Waals surface area contributed by atoms with E-state index >= 15 is 0 Å². The van der Waals surface area contributed by atoms with E-state index in [1.54, 1.807) is 7.11 Å². The lowest BCUT2D eigenvalue weighted by atomic mass is 10.1. The van der Waals surface area contributed by atoms with Crippen molar-refractivity contribution in [2.24, 2.45) is 0 Å². The molecule has 1 aliphatic heterocycles. The standard InChI is InChI=1S/C14H25N5O/c1-4-15-12-9-13(18-14(17-12)10-20-3)16-11-5-7-19(2)8-6-11/h9,11H,4-8,10H2,1-3H3,(H2,15,16,17,18). The fraction of sp³-hybridized carbons (Fsp3) is 0.714. The van der Waals surface area contributed by atoms with Gasteiger partial charge in [-0.3, -0.25) is 0 Å². The van der Waals surface area contributed by atoms with Gasteiger partial charge >= 0.3 is 0 Å². The van der Waals surface area contributed by atoms with E-state index in [0.29, 0.717) is 18.5 Å². The lowest BCUT2D eigenvalue weighted by molar-refractivity contribution is 0.178. The Hall–Kier alpha value is -1.40. The third-order valence-electron chi connectivity index (χ3n) is 3.47. The molecule has 1 aromatic heterocycles. The van der Waals surface area contributed by atoms with E-state index in [0.717, 1.165) is 44.1 Å². The van der Waals surface area contributed by atoms with E-state index in [9.17, 15) is 0 Å². The number of aromatic nitrogens is 2. The number of anilines is 2. The molecule has 20 heavy (non-hydrogen) atoms. The molecule has 0 bridgehead atoms. The topological polar surface area (TPSA) is 62.3 Å². The Morgan fingerprint density at radius 1 is 1.30 bits per heavy atom. The number of nitrogens with one attached hydrogen (secondary N) is 2. The van der Waals surface area contributed by atoms with Crippen LogP contribution < -0.4 is 10.6 Å². The van der Waals surface area contributed by atoms with Gasteiger partial charge in [0.25, 0.3) is 0 Å². The Morgan fingerprint density at radius 3 is 2.65 bits per heavy atom. The van der Waals surface area contributed by atoms with Gasteiger partial charge in [0.05, 0.1) is 0 Å². The molecule has 6 nitrogen and oxygen atoms in total. The summed E-state index contributed by atoms with van der Waals surface area (Å²) < 4.78 is 5.13. The molecular formula is C14H25N5O. The van der Waals surface area contributed by atoms with Gasteiger partial charge in [-0.25, -0.2) is 9.97 Å². The Labute approximate surface area is 120 Å².